The van der Waals surface area contributed by atoms with Crippen LogP contribution < -0.4 is 0 Å². The normalized spacial score (nSPS) is 11.7. The van der Waals surface area contributed by atoms with E-state index in [2.05, 4.69) is 45.1 Å². The van der Waals surface area contributed by atoms with Gasteiger partial charge in [-0.05, 0) is 0 Å². The molecule has 0 bridgehead atoms. The van der Waals surface area contributed by atoms with Gasteiger partial charge in [0.1, 0.15) is 0 Å². The van der Waals surface area contributed by atoms with E-state index >= 15 is 0 Å². The number of allylic oxidation sites excluding steroid dienone is 1. The van der Waals surface area contributed by atoms with E-state index < -0.39 is 14.4 Å². The minimum atomic E-state index is -1.67. The molecule has 0 aliphatic rings. The molecule has 0 spiro atoms. The summed E-state index contributed by atoms with van der Waals surface area (Å²) in [6, 6.07) is 0. The molecule has 0 amide bonds. The second-order valence-corrected chi connectivity index (χ2v) is 30.7. The van der Waals surface area contributed by atoms with E-state index in [0.29, 0.717) is 0 Å². The van der Waals surface area contributed by atoms with Crippen LogP contribution >= 0.6 is 18.6 Å². The number of hydrogen-bond acceptors (Lipinski definition) is 0. The maximum absolute atomic E-state index is 3.83. The number of rotatable bonds is 10. The fraction of sp³-hybridized carbons (Fsp3) is 0.846. The Kier molecular flexibility index (Phi) is 11.3. The van der Waals surface area contributed by atoms with Crippen LogP contribution in [0.1, 0.15) is 52.4 Å². The summed E-state index contributed by atoms with van der Waals surface area (Å²) in [5, 5.41) is 0. The van der Waals surface area contributed by atoms with Gasteiger partial charge in [-0.25, -0.2) is 0 Å². The minimum absolute atomic E-state index is 1.24. The number of unbranched alkanes of at least 4 members (excludes halogenated alkanes) is 3. The molecule has 90 valence electrons. The Hall–Kier alpha value is 1.27. The van der Waals surface area contributed by atoms with E-state index in [4.69, 9.17) is 0 Å². The molecule has 0 aromatic carbocycles. The SMILES string of the molecule is C=CCC[CH2][Sn]([I])([CH2]CCC)[CH2]CCC. The summed E-state index contributed by atoms with van der Waals surface area (Å²) in [4.78, 5) is 0. The molecule has 2 heteroatoms. The van der Waals surface area contributed by atoms with Gasteiger partial charge in [-0.2, -0.15) is 0 Å². The molecular formula is C13H27ISn. The van der Waals surface area contributed by atoms with Crippen molar-refractivity contribution in [3.8, 4) is 0 Å². The van der Waals surface area contributed by atoms with E-state index in [1.807, 2.05) is 0 Å². The van der Waals surface area contributed by atoms with E-state index in [-0.39, 0.29) is 0 Å². The van der Waals surface area contributed by atoms with Crippen molar-refractivity contribution in [1.29, 1.82) is 0 Å². The second-order valence-electron chi connectivity index (χ2n) is 4.54. The first kappa shape index (κ1) is 16.3. The topological polar surface area (TPSA) is 0 Å². The van der Waals surface area contributed by atoms with Crippen molar-refractivity contribution in [3.05, 3.63) is 12.7 Å². The van der Waals surface area contributed by atoms with Crippen LogP contribution in [0.4, 0.5) is 0 Å². The van der Waals surface area contributed by atoms with Gasteiger partial charge in [-0.3, -0.25) is 0 Å². The zero-order valence-corrected chi connectivity index (χ0v) is 15.5. The van der Waals surface area contributed by atoms with Crippen LogP contribution in [0.5, 0.6) is 0 Å². The van der Waals surface area contributed by atoms with Gasteiger partial charge in [0.15, 0.2) is 0 Å². The number of hydrogen-bond donors (Lipinski definition) is 0. The fourth-order valence-corrected chi connectivity index (χ4v) is 19.8. The fourth-order valence-electron chi connectivity index (χ4n) is 1.93. The zero-order chi connectivity index (χ0) is 11.6. The molecule has 0 aliphatic heterocycles. The van der Waals surface area contributed by atoms with Gasteiger partial charge in [0, 0.05) is 0 Å². The quantitative estimate of drug-likeness (QED) is 0.175. The van der Waals surface area contributed by atoms with Gasteiger partial charge >= 0.3 is 111 Å². The summed E-state index contributed by atoms with van der Waals surface area (Å²) in [7, 11) is 0. The van der Waals surface area contributed by atoms with E-state index in [9.17, 15) is 0 Å². The Morgan fingerprint density at radius 3 is 1.87 bits per heavy atom. The van der Waals surface area contributed by atoms with Crippen LogP contribution in [0.3, 0.4) is 0 Å². The summed E-state index contributed by atoms with van der Waals surface area (Å²) < 4.78 is 4.81. The zero-order valence-electron chi connectivity index (χ0n) is 10.5. The van der Waals surface area contributed by atoms with Crippen LogP contribution in [-0.4, -0.2) is 14.4 Å². The summed E-state index contributed by atoms with van der Waals surface area (Å²) in [6.45, 7) is 8.48. The van der Waals surface area contributed by atoms with Crippen LogP contribution in [0.2, 0.25) is 13.3 Å². The van der Waals surface area contributed by atoms with Crippen molar-refractivity contribution >= 4 is 33.0 Å². The Morgan fingerprint density at radius 2 is 1.47 bits per heavy atom. The molecule has 0 saturated carbocycles. The second kappa shape index (κ2) is 10.4. The third-order valence-corrected chi connectivity index (χ3v) is 24.5. The maximum atomic E-state index is 3.83. The molecule has 0 aliphatic carbocycles. The number of halogens is 1. The van der Waals surface area contributed by atoms with Crippen LogP contribution in [0.25, 0.3) is 0 Å². The first-order valence-corrected chi connectivity index (χ1v) is 20.9. The van der Waals surface area contributed by atoms with E-state index in [1.54, 1.807) is 13.3 Å². The third-order valence-electron chi connectivity index (χ3n) is 2.99. The third kappa shape index (κ3) is 9.01. The van der Waals surface area contributed by atoms with Crippen LogP contribution in [-0.2, 0) is 0 Å². The molecule has 0 atom stereocenters. The molecule has 0 aromatic rings. The van der Waals surface area contributed by atoms with Crippen LogP contribution in [0.15, 0.2) is 12.7 Å². The van der Waals surface area contributed by atoms with Crippen molar-refractivity contribution in [2.24, 2.45) is 0 Å². The van der Waals surface area contributed by atoms with Gasteiger partial charge < -0.3 is 0 Å². The van der Waals surface area contributed by atoms with E-state index in [1.165, 1.54) is 38.5 Å². The van der Waals surface area contributed by atoms with E-state index in [0.717, 1.165) is 0 Å². The first-order chi connectivity index (χ1) is 7.18. The standard InChI is InChI=1S/C5H9.2C4H9.HI.Sn/c1-3-5-4-2;2*1-3-4-2;;/h3H,1-2,4-5H2;2*1,3-4H2,2H3;1H;/q;;;;+1/p-1. The van der Waals surface area contributed by atoms with Crippen molar-refractivity contribution in [3.63, 3.8) is 0 Å². The molecule has 0 aromatic heterocycles. The molecule has 0 radical (unpaired) electrons. The monoisotopic (exact) mass is 430 g/mol. The Bertz CT molecular complexity index is 149. The molecule has 0 heterocycles. The average Bonchev–Trinajstić information content (AvgIpc) is 2.24. The summed E-state index contributed by atoms with van der Waals surface area (Å²) in [6.07, 6.45) is 10.5. The average molecular weight is 429 g/mol. The van der Waals surface area contributed by atoms with Crippen LogP contribution in [0, 0.1) is 0 Å². The van der Waals surface area contributed by atoms with Crippen molar-refractivity contribution in [2.45, 2.75) is 65.7 Å². The summed E-state index contributed by atoms with van der Waals surface area (Å²) in [5.41, 5.74) is 0. The van der Waals surface area contributed by atoms with Crippen molar-refractivity contribution in [1.82, 2.24) is 0 Å². The molecule has 0 unspecified atom stereocenters. The molecule has 15 heavy (non-hydrogen) atoms. The molecule has 0 fully saturated rings. The van der Waals surface area contributed by atoms with Gasteiger partial charge in [-0.1, -0.05) is 0 Å². The van der Waals surface area contributed by atoms with Crippen molar-refractivity contribution in [2.75, 3.05) is 0 Å². The predicted octanol–water partition coefficient (Wildman–Crippen LogP) is 5.93. The first-order valence-electron chi connectivity index (χ1n) is 6.48. The Morgan fingerprint density at radius 1 is 1.00 bits per heavy atom. The molecule has 0 nitrogen and oxygen atoms in total. The molecule has 0 saturated heterocycles. The van der Waals surface area contributed by atoms with Gasteiger partial charge in [0.05, 0.1) is 0 Å². The molecule has 0 rings (SSSR count). The van der Waals surface area contributed by atoms with Gasteiger partial charge in [0.2, 0.25) is 0 Å². The van der Waals surface area contributed by atoms with Crippen molar-refractivity contribution < 1.29 is 0 Å². The van der Waals surface area contributed by atoms with Gasteiger partial charge in [-0.15, -0.1) is 0 Å². The molecule has 0 N–H and O–H groups in total. The van der Waals surface area contributed by atoms with Gasteiger partial charge in [0.25, 0.3) is 0 Å². The summed E-state index contributed by atoms with van der Waals surface area (Å²) in [5.74, 6) is 0. The predicted molar refractivity (Wildman–Crippen MR) is 83.4 cm³/mol. The Labute approximate surface area is 110 Å². The Balaban J connectivity index is 3.94. The molecular weight excluding hydrogens is 402 g/mol. The summed E-state index contributed by atoms with van der Waals surface area (Å²) >= 11 is 1.27.